The Balaban J connectivity index is 0.798. The molecule has 0 aliphatic heterocycles. The normalized spacial score (nSPS) is 17.3. The number of para-hydroxylation sites is 4. The first-order chi connectivity index (χ1) is 32.7. The number of hydrogen-bond donors (Lipinski definition) is 0. The molecule has 0 spiro atoms. The first-order valence-electron chi connectivity index (χ1n) is 23.1. The van der Waals surface area contributed by atoms with Crippen molar-refractivity contribution < 1.29 is 0 Å². The molecular weight excluding hydrogens is 797 g/mol. The summed E-state index contributed by atoms with van der Waals surface area (Å²) in [5, 5.41) is 5.08. The van der Waals surface area contributed by atoms with E-state index in [9.17, 15) is 0 Å². The monoisotopic (exact) mass is 838 g/mol. The van der Waals surface area contributed by atoms with Gasteiger partial charge in [0.2, 0.25) is 0 Å². The smallest absolute Gasteiger partial charge is 0.0547 e. The largest absolute Gasteiger partial charge is 0.309 e. The van der Waals surface area contributed by atoms with Crippen molar-refractivity contribution in [3.05, 3.63) is 276 Å². The lowest BCUT2D eigenvalue weighted by molar-refractivity contribution is 0.566. The lowest BCUT2D eigenvalue weighted by Crippen LogP contribution is -2.29. The maximum absolute atomic E-state index is 2.44. The Morgan fingerprint density at radius 1 is 0.273 bits per heavy atom. The standard InChI is InChI=1S/C64H42N2/c1-3-17-53(18-4-1)65-59-23-9-7-21-55(59)57-31-29-45(39-61(57)65)41-13-11-15-43(33-41)51-35-47-25-27-49-37-52(38-50-28-26-48(36-51)63(47)64(49)50)44-16-12-14-42(34-44)46-30-32-58-56-22-8-10-24-60(56)66(62(58)40-46)54-19-5-2-6-20-54/h1-40,63-64H. The van der Waals surface area contributed by atoms with Crippen molar-refractivity contribution in [1.29, 1.82) is 0 Å². The summed E-state index contributed by atoms with van der Waals surface area (Å²) in [5.74, 6) is 0.616. The van der Waals surface area contributed by atoms with Crippen molar-refractivity contribution >= 4 is 54.8 Å². The predicted molar refractivity (Wildman–Crippen MR) is 277 cm³/mol. The summed E-state index contributed by atoms with van der Waals surface area (Å²) in [5.41, 5.74) is 22.6. The van der Waals surface area contributed by atoms with Crippen molar-refractivity contribution in [1.82, 2.24) is 9.13 Å². The van der Waals surface area contributed by atoms with E-state index in [-0.39, 0.29) is 0 Å². The molecule has 0 radical (unpaired) electrons. The topological polar surface area (TPSA) is 9.86 Å². The quantitative estimate of drug-likeness (QED) is 0.158. The number of nitrogens with zero attached hydrogens (tertiary/aromatic N) is 2. The molecule has 14 rings (SSSR count). The van der Waals surface area contributed by atoms with E-state index in [2.05, 4.69) is 252 Å². The van der Waals surface area contributed by atoms with Crippen LogP contribution >= 0.6 is 0 Å². The van der Waals surface area contributed by atoms with E-state index in [1.54, 1.807) is 0 Å². The second-order valence-corrected chi connectivity index (χ2v) is 18.1. The molecular formula is C64H42N2. The van der Waals surface area contributed by atoms with Crippen LogP contribution in [0.4, 0.5) is 0 Å². The summed E-state index contributed by atoms with van der Waals surface area (Å²) in [6, 6.07) is 71.0. The molecule has 2 heterocycles. The zero-order chi connectivity index (χ0) is 43.3. The Labute approximate surface area is 383 Å². The maximum atomic E-state index is 2.44. The average molecular weight is 839 g/mol. The Morgan fingerprint density at radius 2 is 0.667 bits per heavy atom. The van der Waals surface area contributed by atoms with Crippen LogP contribution in [-0.2, 0) is 0 Å². The molecule has 2 atom stereocenters. The first-order valence-corrected chi connectivity index (χ1v) is 23.1. The van der Waals surface area contributed by atoms with E-state index in [1.807, 2.05) is 0 Å². The zero-order valence-corrected chi connectivity index (χ0v) is 36.1. The SMILES string of the molecule is C1=CC2=CC(c3cccc(-c4ccc5c6ccccc6n(-c6ccccc6)c5c4)c3)=CC3=CC=C4C=C(c5cccc(-c6ccc7c8ccccc8n(-c8ccccc8)c7c6)c5)C=C1C4C32. The van der Waals surface area contributed by atoms with Crippen LogP contribution in [0.3, 0.4) is 0 Å². The van der Waals surface area contributed by atoms with Gasteiger partial charge in [-0.2, -0.15) is 0 Å². The lowest BCUT2D eigenvalue weighted by Gasteiger charge is -2.40. The molecule has 2 aromatic heterocycles. The molecule has 8 aromatic carbocycles. The molecule has 4 aliphatic carbocycles. The minimum Gasteiger partial charge on any atom is -0.309 e. The Morgan fingerprint density at radius 3 is 1.14 bits per heavy atom. The molecule has 0 N–H and O–H groups in total. The van der Waals surface area contributed by atoms with E-state index in [0.717, 1.165) is 0 Å². The van der Waals surface area contributed by atoms with Gasteiger partial charge in [-0.25, -0.2) is 0 Å². The van der Waals surface area contributed by atoms with E-state index in [4.69, 9.17) is 0 Å². The highest BCUT2D eigenvalue weighted by Crippen LogP contribution is 2.52. The zero-order valence-electron chi connectivity index (χ0n) is 36.1. The molecule has 2 heteroatoms. The molecule has 4 aliphatic rings. The fourth-order valence-electron chi connectivity index (χ4n) is 11.4. The molecule has 0 amide bonds. The second-order valence-electron chi connectivity index (χ2n) is 18.1. The van der Waals surface area contributed by atoms with Crippen molar-refractivity contribution in [3.63, 3.8) is 0 Å². The van der Waals surface area contributed by atoms with Gasteiger partial charge in [0.05, 0.1) is 22.1 Å². The summed E-state index contributed by atoms with van der Waals surface area (Å²) in [6.07, 6.45) is 19.2. The predicted octanol–water partition coefficient (Wildman–Crippen LogP) is 16.2. The van der Waals surface area contributed by atoms with Gasteiger partial charge in [0, 0.05) is 44.8 Å². The number of fused-ring (bicyclic) bond motifs is 6. The van der Waals surface area contributed by atoms with Gasteiger partial charge < -0.3 is 9.13 Å². The van der Waals surface area contributed by atoms with Crippen LogP contribution < -0.4 is 0 Å². The second kappa shape index (κ2) is 14.5. The van der Waals surface area contributed by atoms with Crippen molar-refractivity contribution in [2.75, 3.05) is 0 Å². The Kier molecular flexibility index (Phi) is 8.14. The molecule has 308 valence electrons. The van der Waals surface area contributed by atoms with Crippen LogP contribution in [0.5, 0.6) is 0 Å². The van der Waals surface area contributed by atoms with Crippen LogP contribution in [-0.4, -0.2) is 9.13 Å². The molecule has 2 nitrogen and oxygen atoms in total. The minimum absolute atomic E-state index is 0.308. The Hall–Kier alpha value is -8.46. The van der Waals surface area contributed by atoms with Crippen LogP contribution in [0.15, 0.2) is 265 Å². The summed E-state index contributed by atoms with van der Waals surface area (Å²) in [4.78, 5) is 0. The number of allylic oxidation sites excluding steroid dienone is 14. The highest BCUT2D eigenvalue weighted by molar-refractivity contribution is 6.11. The van der Waals surface area contributed by atoms with Crippen molar-refractivity contribution in [2.45, 2.75) is 0 Å². The summed E-state index contributed by atoms with van der Waals surface area (Å²) in [6.45, 7) is 0. The van der Waals surface area contributed by atoms with E-state index < -0.39 is 0 Å². The first kappa shape index (κ1) is 37.0. The van der Waals surface area contributed by atoms with Crippen LogP contribution in [0, 0.1) is 11.8 Å². The average Bonchev–Trinajstić information content (AvgIpc) is 3.90. The fourth-order valence-corrected chi connectivity index (χ4v) is 11.4. The van der Waals surface area contributed by atoms with Crippen LogP contribution in [0.25, 0.3) is 88.4 Å². The molecule has 2 unspecified atom stereocenters. The van der Waals surface area contributed by atoms with Gasteiger partial charge in [0.25, 0.3) is 0 Å². The van der Waals surface area contributed by atoms with Gasteiger partial charge in [-0.1, -0.05) is 182 Å². The molecule has 0 saturated carbocycles. The number of benzene rings is 8. The van der Waals surface area contributed by atoms with E-state index in [0.29, 0.717) is 11.8 Å². The van der Waals surface area contributed by atoms with Crippen LogP contribution in [0.1, 0.15) is 11.1 Å². The minimum atomic E-state index is 0.308. The van der Waals surface area contributed by atoms with Gasteiger partial charge in [0.1, 0.15) is 0 Å². The molecule has 66 heavy (non-hydrogen) atoms. The summed E-state index contributed by atoms with van der Waals surface area (Å²) in [7, 11) is 0. The highest BCUT2D eigenvalue weighted by Gasteiger charge is 2.38. The number of aromatic nitrogens is 2. The van der Waals surface area contributed by atoms with Gasteiger partial charge >= 0.3 is 0 Å². The van der Waals surface area contributed by atoms with Gasteiger partial charge in [-0.3, -0.25) is 0 Å². The van der Waals surface area contributed by atoms with Gasteiger partial charge in [-0.15, -0.1) is 0 Å². The third-order valence-electron chi connectivity index (χ3n) is 14.4. The van der Waals surface area contributed by atoms with Crippen molar-refractivity contribution in [3.8, 4) is 33.6 Å². The summed E-state index contributed by atoms with van der Waals surface area (Å²) >= 11 is 0. The highest BCUT2D eigenvalue weighted by atomic mass is 15.0. The van der Waals surface area contributed by atoms with E-state index >= 15 is 0 Å². The van der Waals surface area contributed by atoms with Crippen LogP contribution in [0.2, 0.25) is 0 Å². The molecule has 10 aromatic rings. The third kappa shape index (κ3) is 5.75. The van der Waals surface area contributed by atoms with Gasteiger partial charge in [-0.05, 0) is 127 Å². The number of hydrogen-bond acceptors (Lipinski definition) is 0. The molecule has 0 bridgehead atoms. The number of rotatable bonds is 6. The van der Waals surface area contributed by atoms with E-state index in [1.165, 1.54) is 122 Å². The fraction of sp³-hybridized carbons (Fsp3) is 0.0312. The third-order valence-corrected chi connectivity index (χ3v) is 14.4. The maximum Gasteiger partial charge on any atom is 0.0547 e. The molecule has 0 saturated heterocycles. The lowest BCUT2D eigenvalue weighted by atomic mass is 9.63. The van der Waals surface area contributed by atoms with Crippen molar-refractivity contribution in [2.24, 2.45) is 11.8 Å². The molecule has 0 fully saturated rings. The summed E-state index contributed by atoms with van der Waals surface area (Å²) < 4.78 is 4.80. The van der Waals surface area contributed by atoms with Gasteiger partial charge in [0.15, 0.2) is 0 Å². The Bertz CT molecular complexity index is 3650.